The van der Waals surface area contributed by atoms with Crippen LogP contribution in [0.4, 0.5) is 5.69 Å². The number of hydrogen-bond donors (Lipinski definition) is 1. The third-order valence-electron chi connectivity index (χ3n) is 4.50. The van der Waals surface area contributed by atoms with Crippen LogP contribution in [0.25, 0.3) is 17.0 Å². The minimum absolute atomic E-state index is 0.179. The number of nitrogens with one attached hydrogen (secondary N) is 1. The fourth-order valence-electron chi connectivity index (χ4n) is 3.05. The molecular weight excluding hydrogens is 378 g/mol. The monoisotopic (exact) mass is 397 g/mol. The van der Waals surface area contributed by atoms with Crippen LogP contribution in [0.1, 0.15) is 21.5 Å². The number of para-hydroxylation sites is 1. The third kappa shape index (κ3) is 4.36. The number of pyridine rings is 2. The second-order valence-corrected chi connectivity index (χ2v) is 7.38. The molecule has 0 spiro atoms. The van der Waals surface area contributed by atoms with Gasteiger partial charge in [0.1, 0.15) is 5.03 Å². The fourth-order valence-corrected chi connectivity index (χ4v) is 4.04. The lowest BCUT2D eigenvalue weighted by molar-refractivity contribution is 0.102. The van der Waals surface area contributed by atoms with Crippen molar-refractivity contribution in [1.82, 2.24) is 9.97 Å². The minimum Gasteiger partial charge on any atom is -0.322 e. The summed E-state index contributed by atoms with van der Waals surface area (Å²) in [7, 11) is 0. The van der Waals surface area contributed by atoms with E-state index in [2.05, 4.69) is 27.9 Å². The zero-order chi connectivity index (χ0) is 20.1. The van der Waals surface area contributed by atoms with Gasteiger partial charge in [0.05, 0.1) is 11.1 Å². The maximum absolute atomic E-state index is 12.9. The van der Waals surface area contributed by atoms with Gasteiger partial charge in [-0.2, -0.15) is 0 Å². The highest BCUT2D eigenvalue weighted by atomic mass is 32.2. The molecule has 0 radical (unpaired) electrons. The van der Waals surface area contributed by atoms with Crippen LogP contribution in [0.5, 0.6) is 0 Å². The average molecular weight is 398 g/mol. The van der Waals surface area contributed by atoms with E-state index in [9.17, 15) is 4.79 Å². The summed E-state index contributed by atoms with van der Waals surface area (Å²) < 4.78 is 0. The molecule has 29 heavy (non-hydrogen) atoms. The molecule has 2 aromatic carbocycles. The van der Waals surface area contributed by atoms with Gasteiger partial charge in [-0.1, -0.05) is 43.0 Å². The fraction of sp³-hybridized carbons (Fsp3) is 0.0417. The molecule has 0 aliphatic rings. The molecule has 0 aliphatic carbocycles. The van der Waals surface area contributed by atoms with Gasteiger partial charge in [0.2, 0.25) is 0 Å². The van der Waals surface area contributed by atoms with E-state index in [0.717, 1.165) is 27.7 Å². The van der Waals surface area contributed by atoms with Gasteiger partial charge in [-0.3, -0.25) is 9.78 Å². The first-order valence-electron chi connectivity index (χ1n) is 9.19. The number of anilines is 1. The van der Waals surface area contributed by atoms with E-state index in [-0.39, 0.29) is 5.91 Å². The number of carbonyl (C=O) groups excluding carboxylic acids is 1. The Morgan fingerprint density at radius 1 is 1.00 bits per heavy atom. The first-order chi connectivity index (χ1) is 14.2. The van der Waals surface area contributed by atoms with Crippen molar-refractivity contribution in [1.29, 1.82) is 0 Å². The van der Waals surface area contributed by atoms with E-state index >= 15 is 0 Å². The highest BCUT2D eigenvalue weighted by molar-refractivity contribution is 7.98. The largest absolute Gasteiger partial charge is 0.322 e. The number of hydrogen-bond acceptors (Lipinski definition) is 4. The van der Waals surface area contributed by atoms with E-state index < -0.39 is 0 Å². The molecule has 2 aromatic heterocycles. The number of thioether (sulfide) groups is 1. The van der Waals surface area contributed by atoms with Gasteiger partial charge in [-0.05, 0) is 47.5 Å². The van der Waals surface area contributed by atoms with Crippen LogP contribution in [0.15, 0.2) is 90.7 Å². The first kappa shape index (κ1) is 18.9. The molecule has 0 atom stereocenters. The molecule has 1 amide bonds. The highest BCUT2D eigenvalue weighted by Crippen LogP contribution is 2.28. The molecule has 2 heterocycles. The molecule has 0 fully saturated rings. The van der Waals surface area contributed by atoms with Crippen LogP contribution in [-0.2, 0) is 5.75 Å². The van der Waals surface area contributed by atoms with Crippen molar-refractivity contribution in [2.75, 3.05) is 5.32 Å². The molecule has 0 aliphatic heterocycles. The second-order valence-electron chi connectivity index (χ2n) is 6.42. The molecule has 0 saturated heterocycles. The maximum atomic E-state index is 12.9. The predicted molar refractivity (Wildman–Crippen MR) is 120 cm³/mol. The van der Waals surface area contributed by atoms with Crippen LogP contribution in [-0.4, -0.2) is 15.9 Å². The van der Waals surface area contributed by atoms with Crippen molar-refractivity contribution >= 4 is 40.3 Å². The maximum Gasteiger partial charge on any atom is 0.258 e. The minimum atomic E-state index is -0.179. The molecule has 1 N–H and O–H groups in total. The summed E-state index contributed by atoms with van der Waals surface area (Å²) >= 11 is 1.55. The number of benzene rings is 2. The van der Waals surface area contributed by atoms with Gasteiger partial charge >= 0.3 is 0 Å². The molecule has 4 aromatic rings. The zero-order valence-corrected chi connectivity index (χ0v) is 16.5. The lowest BCUT2D eigenvalue weighted by Crippen LogP contribution is -2.13. The first-order valence-corrected chi connectivity index (χ1v) is 10.2. The summed E-state index contributed by atoms with van der Waals surface area (Å²) in [5, 5.41) is 4.77. The van der Waals surface area contributed by atoms with Gasteiger partial charge in [-0.15, -0.1) is 11.8 Å². The van der Waals surface area contributed by atoms with Crippen molar-refractivity contribution < 1.29 is 4.79 Å². The van der Waals surface area contributed by atoms with Crippen LogP contribution >= 0.6 is 11.8 Å². The number of amides is 1. The van der Waals surface area contributed by atoms with Crippen molar-refractivity contribution in [2.24, 2.45) is 0 Å². The number of nitrogens with zero attached hydrogens (tertiary/aromatic N) is 2. The van der Waals surface area contributed by atoms with Crippen LogP contribution in [0.2, 0.25) is 0 Å². The van der Waals surface area contributed by atoms with Crippen molar-refractivity contribution in [2.45, 2.75) is 10.8 Å². The standard InChI is InChI=1S/C24H19N3OS/c1-2-17-7-5-8-19(15-17)27-23(28)21-10-6-13-26-24(21)29-16-18-12-14-25-22-11-4-3-9-20(18)22/h2-15H,1,16H2,(H,27,28). The Kier molecular flexibility index (Phi) is 5.68. The molecule has 4 rings (SSSR count). The summed E-state index contributed by atoms with van der Waals surface area (Å²) in [6, 6.07) is 21.2. The quantitative estimate of drug-likeness (QED) is 0.417. The topological polar surface area (TPSA) is 54.9 Å². The van der Waals surface area contributed by atoms with Crippen LogP contribution in [0.3, 0.4) is 0 Å². The molecule has 142 valence electrons. The van der Waals surface area contributed by atoms with Crippen molar-refractivity contribution in [3.05, 3.63) is 102 Å². The van der Waals surface area contributed by atoms with Crippen LogP contribution < -0.4 is 5.32 Å². The van der Waals surface area contributed by atoms with Crippen molar-refractivity contribution in [3.63, 3.8) is 0 Å². The van der Waals surface area contributed by atoms with E-state index in [1.807, 2.05) is 54.7 Å². The molecule has 0 bridgehead atoms. The zero-order valence-electron chi connectivity index (χ0n) is 15.7. The summed E-state index contributed by atoms with van der Waals surface area (Å²) in [4.78, 5) is 21.7. The Balaban J connectivity index is 1.55. The average Bonchev–Trinajstić information content (AvgIpc) is 2.78. The molecule has 0 saturated carbocycles. The predicted octanol–water partition coefficient (Wildman–Crippen LogP) is 5.82. The summed E-state index contributed by atoms with van der Waals surface area (Å²) in [5.41, 5.74) is 4.36. The summed E-state index contributed by atoms with van der Waals surface area (Å²) in [6.45, 7) is 3.77. The highest BCUT2D eigenvalue weighted by Gasteiger charge is 2.14. The number of fused-ring (bicyclic) bond motifs is 1. The number of aromatic nitrogens is 2. The summed E-state index contributed by atoms with van der Waals surface area (Å²) in [6.07, 6.45) is 5.28. The third-order valence-corrected chi connectivity index (χ3v) is 5.55. The van der Waals surface area contributed by atoms with Gasteiger partial charge < -0.3 is 5.32 Å². The van der Waals surface area contributed by atoms with Crippen molar-refractivity contribution in [3.8, 4) is 0 Å². The molecule has 0 unspecified atom stereocenters. The van der Waals surface area contributed by atoms with E-state index in [4.69, 9.17) is 0 Å². The van der Waals surface area contributed by atoms with Gasteiger partial charge in [0.25, 0.3) is 5.91 Å². The Morgan fingerprint density at radius 2 is 1.90 bits per heavy atom. The van der Waals surface area contributed by atoms with Gasteiger partial charge in [0, 0.05) is 29.2 Å². The SMILES string of the molecule is C=Cc1cccc(NC(=O)c2cccnc2SCc2ccnc3ccccc23)c1. The smallest absolute Gasteiger partial charge is 0.258 e. The Labute approximate surface area is 173 Å². The van der Waals surface area contributed by atoms with E-state index in [1.54, 1.807) is 36.2 Å². The lowest BCUT2D eigenvalue weighted by atomic mass is 10.1. The van der Waals surface area contributed by atoms with E-state index in [0.29, 0.717) is 16.3 Å². The van der Waals surface area contributed by atoms with E-state index in [1.165, 1.54) is 0 Å². The Bertz CT molecular complexity index is 1180. The molecule has 5 heteroatoms. The number of carbonyl (C=O) groups is 1. The van der Waals surface area contributed by atoms with Crippen LogP contribution in [0, 0.1) is 0 Å². The number of rotatable bonds is 6. The Morgan fingerprint density at radius 3 is 2.79 bits per heavy atom. The summed E-state index contributed by atoms with van der Waals surface area (Å²) in [5.74, 6) is 0.521. The normalized spacial score (nSPS) is 10.6. The van der Waals surface area contributed by atoms with Gasteiger partial charge in [0.15, 0.2) is 0 Å². The lowest BCUT2D eigenvalue weighted by Gasteiger charge is -2.10. The second kappa shape index (κ2) is 8.71. The van der Waals surface area contributed by atoms with Gasteiger partial charge in [-0.25, -0.2) is 4.98 Å². The molecule has 4 nitrogen and oxygen atoms in total. The molecular formula is C24H19N3OS. The Hall–Kier alpha value is -3.44.